The Morgan fingerprint density at radius 1 is 1.13 bits per heavy atom. The predicted molar refractivity (Wildman–Crippen MR) is 51.4 cm³/mol. The van der Waals surface area contributed by atoms with E-state index in [-0.39, 0.29) is 21.6 Å². The lowest BCUT2D eigenvalue weighted by atomic mass is 10.4. The number of alkyl halides is 3. The van der Waals surface area contributed by atoms with Crippen LogP contribution >= 0.6 is 22.4 Å². The zero-order valence-corrected chi connectivity index (χ0v) is 9.34. The van der Waals surface area contributed by atoms with Gasteiger partial charge in [-0.3, -0.25) is 0 Å². The Kier molecular flexibility index (Phi) is 3.57. The molecule has 0 saturated heterocycles. The molecule has 2 nitrogen and oxygen atoms in total. The summed E-state index contributed by atoms with van der Waals surface area (Å²) in [5.74, 6) is 0. The van der Waals surface area contributed by atoms with E-state index < -0.39 is 14.6 Å². The van der Waals surface area contributed by atoms with Crippen molar-refractivity contribution in [3.05, 3.63) is 24.3 Å². The molecule has 8 heteroatoms. The normalized spacial score (nSPS) is 12.8. The third-order valence-electron chi connectivity index (χ3n) is 1.34. The Morgan fingerprint density at radius 3 is 1.93 bits per heavy atom. The molecule has 0 heterocycles. The second-order valence-corrected chi connectivity index (χ2v) is 6.16. The minimum Gasteiger partial charge on any atom is -0.207 e. The van der Waals surface area contributed by atoms with Crippen LogP contribution in [0.1, 0.15) is 0 Å². The number of hydrogen-bond donors (Lipinski definition) is 0. The minimum atomic E-state index is -4.39. The maximum Gasteiger partial charge on any atom is 0.446 e. The van der Waals surface area contributed by atoms with E-state index in [9.17, 15) is 21.6 Å². The minimum absolute atomic E-state index is 0.0911. The molecule has 0 aliphatic carbocycles. The van der Waals surface area contributed by atoms with E-state index in [0.29, 0.717) is 0 Å². The molecule has 0 N–H and O–H groups in total. The van der Waals surface area contributed by atoms with Crippen molar-refractivity contribution in [2.45, 2.75) is 15.3 Å². The van der Waals surface area contributed by atoms with E-state index in [1.165, 1.54) is 0 Å². The summed E-state index contributed by atoms with van der Waals surface area (Å²) < 4.78 is 57.2. The largest absolute Gasteiger partial charge is 0.446 e. The van der Waals surface area contributed by atoms with Gasteiger partial charge in [-0.25, -0.2) is 8.42 Å². The van der Waals surface area contributed by atoms with Gasteiger partial charge in [0.1, 0.15) is 0 Å². The highest BCUT2D eigenvalue weighted by Gasteiger charge is 2.29. The molecule has 1 rings (SSSR count). The second-order valence-electron chi connectivity index (χ2n) is 2.46. The second kappa shape index (κ2) is 4.23. The summed E-state index contributed by atoms with van der Waals surface area (Å²) in [4.78, 5) is -0.317. The summed E-state index contributed by atoms with van der Waals surface area (Å²) in [6.07, 6.45) is 0. The van der Waals surface area contributed by atoms with Gasteiger partial charge in [0.05, 0.1) is 4.90 Å². The zero-order chi connectivity index (χ0) is 11.7. The van der Waals surface area contributed by atoms with Crippen LogP contribution in [0.25, 0.3) is 0 Å². The van der Waals surface area contributed by atoms with Gasteiger partial charge in [0, 0.05) is 15.6 Å². The maximum atomic E-state index is 11.9. The van der Waals surface area contributed by atoms with Crippen LogP contribution in [0.5, 0.6) is 0 Å². The lowest BCUT2D eigenvalue weighted by Crippen LogP contribution is -1.99. The fraction of sp³-hybridized carbons (Fsp3) is 0.143. The van der Waals surface area contributed by atoms with Crippen LogP contribution in [0.2, 0.25) is 0 Å². The van der Waals surface area contributed by atoms with E-state index in [1.54, 1.807) is 0 Å². The molecule has 0 amide bonds. The maximum absolute atomic E-state index is 11.9. The van der Waals surface area contributed by atoms with Crippen molar-refractivity contribution in [1.29, 1.82) is 0 Å². The monoisotopic (exact) mass is 276 g/mol. The van der Waals surface area contributed by atoms with Crippen LogP contribution in [0.3, 0.4) is 0 Å². The molecule has 84 valence electrons. The van der Waals surface area contributed by atoms with Gasteiger partial charge in [0.2, 0.25) is 0 Å². The van der Waals surface area contributed by atoms with E-state index in [4.69, 9.17) is 10.7 Å². The van der Waals surface area contributed by atoms with Crippen molar-refractivity contribution in [2.75, 3.05) is 0 Å². The van der Waals surface area contributed by atoms with E-state index in [1.807, 2.05) is 0 Å². The molecule has 0 bridgehead atoms. The molecule has 0 saturated carbocycles. The highest BCUT2D eigenvalue weighted by molar-refractivity contribution is 8.13. The SMILES string of the molecule is O=S(=O)(Cl)c1ccc(SC(F)(F)F)cc1. The molecular weight excluding hydrogens is 273 g/mol. The lowest BCUT2D eigenvalue weighted by molar-refractivity contribution is -0.0328. The standard InChI is InChI=1S/C7H4ClF3O2S2/c8-15(12,13)6-3-1-5(2-4-6)14-7(9,10)11/h1-4H. The first-order chi connectivity index (χ1) is 6.68. The quantitative estimate of drug-likeness (QED) is 0.614. The van der Waals surface area contributed by atoms with Gasteiger partial charge in [-0.05, 0) is 36.0 Å². The summed E-state index contributed by atoms with van der Waals surface area (Å²) in [6, 6.07) is 4.15. The summed E-state index contributed by atoms with van der Waals surface area (Å²) in [7, 11) is 1.11. The Bertz CT molecular complexity index is 438. The van der Waals surface area contributed by atoms with Gasteiger partial charge in [-0.2, -0.15) is 13.2 Å². The topological polar surface area (TPSA) is 34.1 Å². The highest BCUT2D eigenvalue weighted by Crippen LogP contribution is 2.37. The number of halogens is 4. The fourth-order valence-corrected chi connectivity index (χ4v) is 2.11. The smallest absolute Gasteiger partial charge is 0.207 e. The van der Waals surface area contributed by atoms with Crippen molar-refractivity contribution in [3.63, 3.8) is 0 Å². The molecule has 0 spiro atoms. The van der Waals surface area contributed by atoms with Crippen LogP contribution in [0, 0.1) is 0 Å². The average Bonchev–Trinajstić information content (AvgIpc) is 2.00. The molecule has 0 aliphatic heterocycles. The summed E-state index contributed by atoms with van der Waals surface area (Å²) in [5, 5.41) is 0. The summed E-state index contributed by atoms with van der Waals surface area (Å²) >= 11 is -0.318. The summed E-state index contributed by atoms with van der Waals surface area (Å²) in [5.41, 5.74) is -4.39. The molecule has 0 atom stereocenters. The molecule has 1 aromatic carbocycles. The van der Waals surface area contributed by atoms with Gasteiger partial charge in [-0.15, -0.1) is 0 Å². The third kappa shape index (κ3) is 4.31. The number of hydrogen-bond acceptors (Lipinski definition) is 3. The van der Waals surface area contributed by atoms with Crippen molar-refractivity contribution in [1.82, 2.24) is 0 Å². The van der Waals surface area contributed by atoms with E-state index in [2.05, 4.69) is 0 Å². The Morgan fingerprint density at radius 2 is 1.60 bits per heavy atom. The molecule has 0 fully saturated rings. The van der Waals surface area contributed by atoms with E-state index >= 15 is 0 Å². The van der Waals surface area contributed by atoms with Crippen LogP contribution < -0.4 is 0 Å². The lowest BCUT2D eigenvalue weighted by Gasteiger charge is -2.05. The highest BCUT2D eigenvalue weighted by atomic mass is 35.7. The fourth-order valence-electron chi connectivity index (χ4n) is 0.804. The first-order valence-corrected chi connectivity index (χ1v) is 6.61. The van der Waals surface area contributed by atoms with Crippen molar-refractivity contribution >= 4 is 31.5 Å². The molecule has 0 aliphatic rings. The van der Waals surface area contributed by atoms with Crippen molar-refractivity contribution in [2.24, 2.45) is 0 Å². The van der Waals surface area contributed by atoms with Gasteiger partial charge in [0.25, 0.3) is 9.05 Å². The van der Waals surface area contributed by atoms with Gasteiger partial charge in [-0.1, -0.05) is 0 Å². The Labute approximate surface area is 92.8 Å². The zero-order valence-electron chi connectivity index (χ0n) is 6.95. The van der Waals surface area contributed by atoms with Crippen LogP contribution in [0.15, 0.2) is 34.1 Å². The Hall–Kier alpha value is -0.400. The molecule has 0 aromatic heterocycles. The van der Waals surface area contributed by atoms with Crippen LogP contribution in [-0.2, 0) is 9.05 Å². The molecule has 1 aromatic rings. The predicted octanol–water partition coefficient (Wildman–Crippen LogP) is 3.23. The van der Waals surface area contributed by atoms with Gasteiger partial charge < -0.3 is 0 Å². The molecule has 0 unspecified atom stereocenters. The van der Waals surface area contributed by atoms with Crippen molar-refractivity contribution < 1.29 is 21.6 Å². The number of thioether (sulfide) groups is 1. The van der Waals surface area contributed by atoms with Crippen LogP contribution in [0.4, 0.5) is 13.2 Å². The van der Waals surface area contributed by atoms with Gasteiger partial charge in [0.15, 0.2) is 0 Å². The van der Waals surface area contributed by atoms with Gasteiger partial charge >= 0.3 is 5.51 Å². The molecule has 15 heavy (non-hydrogen) atoms. The van der Waals surface area contributed by atoms with Crippen LogP contribution in [-0.4, -0.2) is 13.9 Å². The number of rotatable bonds is 2. The first kappa shape index (κ1) is 12.7. The third-order valence-corrected chi connectivity index (χ3v) is 3.45. The Balaban J connectivity index is 2.92. The van der Waals surface area contributed by atoms with E-state index in [0.717, 1.165) is 24.3 Å². The molecular formula is C7H4ClF3O2S2. The number of benzene rings is 1. The first-order valence-electron chi connectivity index (χ1n) is 3.49. The average molecular weight is 277 g/mol. The van der Waals surface area contributed by atoms with Crippen molar-refractivity contribution in [3.8, 4) is 0 Å². The summed E-state index contributed by atoms with van der Waals surface area (Å²) in [6.45, 7) is 0. The molecule has 0 radical (unpaired) electrons.